The summed E-state index contributed by atoms with van der Waals surface area (Å²) in [5, 5.41) is 8.42. The van der Waals surface area contributed by atoms with Gasteiger partial charge in [0, 0.05) is 31.1 Å². The van der Waals surface area contributed by atoms with Crippen LogP contribution in [0, 0.1) is 0 Å². The van der Waals surface area contributed by atoms with Gasteiger partial charge in [-0.05, 0) is 30.5 Å². The van der Waals surface area contributed by atoms with Gasteiger partial charge in [0.25, 0.3) is 5.56 Å². The van der Waals surface area contributed by atoms with Gasteiger partial charge in [-0.25, -0.2) is 4.68 Å². The molecule has 6 nitrogen and oxygen atoms in total. The molecule has 1 amide bonds. The molecule has 2 aromatic carbocycles. The summed E-state index contributed by atoms with van der Waals surface area (Å²) in [7, 11) is 0. The summed E-state index contributed by atoms with van der Waals surface area (Å²) in [5.74, 6) is -0.200. The van der Waals surface area contributed by atoms with Crippen LogP contribution in [-0.4, -0.2) is 39.7 Å². The van der Waals surface area contributed by atoms with Crippen LogP contribution in [0.5, 0.6) is 0 Å². The van der Waals surface area contributed by atoms with Gasteiger partial charge in [-0.3, -0.25) is 14.5 Å². The van der Waals surface area contributed by atoms with E-state index in [0.29, 0.717) is 11.9 Å². The average molecular weight is 376 g/mol. The highest BCUT2D eigenvalue weighted by Gasteiger charge is 2.20. The minimum Gasteiger partial charge on any atom is -0.353 e. The van der Waals surface area contributed by atoms with Crippen LogP contribution >= 0.6 is 0 Å². The summed E-state index contributed by atoms with van der Waals surface area (Å²) in [6, 6.07) is 16.0. The number of carbonyl (C=O) groups is 1. The fraction of sp³-hybridized carbons (Fsp3) is 0.318. The molecule has 0 bridgehead atoms. The Morgan fingerprint density at radius 2 is 1.89 bits per heavy atom. The number of aromatic nitrogens is 2. The van der Waals surface area contributed by atoms with Crippen molar-refractivity contribution in [3.63, 3.8) is 0 Å². The van der Waals surface area contributed by atoms with Gasteiger partial charge in [0.2, 0.25) is 5.91 Å². The van der Waals surface area contributed by atoms with Crippen molar-refractivity contribution in [2.24, 2.45) is 0 Å². The van der Waals surface area contributed by atoms with Crippen LogP contribution in [-0.2, 0) is 24.3 Å². The third-order valence-corrected chi connectivity index (χ3v) is 5.43. The van der Waals surface area contributed by atoms with Crippen LogP contribution in [0.3, 0.4) is 0 Å². The molecular formula is C22H24N4O2. The first-order valence-corrected chi connectivity index (χ1v) is 9.64. The lowest BCUT2D eigenvalue weighted by molar-refractivity contribution is -0.122. The minimum atomic E-state index is -0.242. The Kier molecular flexibility index (Phi) is 5.21. The molecule has 144 valence electrons. The topological polar surface area (TPSA) is 67.2 Å². The predicted octanol–water partition coefficient (Wildman–Crippen LogP) is 1.96. The zero-order valence-electron chi connectivity index (χ0n) is 16.0. The molecule has 0 aliphatic carbocycles. The van der Waals surface area contributed by atoms with Gasteiger partial charge in [0.05, 0.1) is 11.6 Å². The average Bonchev–Trinajstić information content (AvgIpc) is 2.74. The van der Waals surface area contributed by atoms with E-state index >= 15 is 0 Å². The summed E-state index contributed by atoms with van der Waals surface area (Å²) in [6.45, 7) is 4.48. The number of amides is 1. The summed E-state index contributed by atoms with van der Waals surface area (Å²) in [5.41, 5.74) is 2.53. The van der Waals surface area contributed by atoms with Crippen molar-refractivity contribution in [1.82, 2.24) is 20.0 Å². The Hall–Kier alpha value is -2.99. The Balaban J connectivity index is 1.35. The second-order valence-electron chi connectivity index (χ2n) is 7.34. The lowest BCUT2D eigenvalue weighted by atomic mass is 9.99. The van der Waals surface area contributed by atoms with E-state index < -0.39 is 0 Å². The molecule has 0 saturated carbocycles. The lowest BCUT2D eigenvalue weighted by Crippen LogP contribution is -2.45. The van der Waals surface area contributed by atoms with Crippen molar-refractivity contribution in [3.05, 3.63) is 76.2 Å². The number of fused-ring (bicyclic) bond motifs is 2. The van der Waals surface area contributed by atoms with E-state index in [4.69, 9.17) is 0 Å². The largest absolute Gasteiger partial charge is 0.353 e. The molecule has 1 unspecified atom stereocenters. The molecule has 0 fully saturated rings. The standard InChI is InChI=1S/C22H24N4O2/c1-16(25-11-10-17-6-2-3-8-19(17)14-25)12-23-21(27)15-26-22(28)20-9-5-4-7-18(20)13-24-26/h2-9,13,16H,10-12,14-15H2,1H3,(H,23,27). The van der Waals surface area contributed by atoms with Gasteiger partial charge in [0.15, 0.2) is 0 Å². The first kappa shape index (κ1) is 18.4. The fourth-order valence-corrected chi connectivity index (χ4v) is 3.72. The van der Waals surface area contributed by atoms with Gasteiger partial charge in [0.1, 0.15) is 6.54 Å². The third-order valence-electron chi connectivity index (χ3n) is 5.43. The van der Waals surface area contributed by atoms with Gasteiger partial charge in [-0.15, -0.1) is 0 Å². The first-order valence-electron chi connectivity index (χ1n) is 9.64. The van der Waals surface area contributed by atoms with E-state index in [9.17, 15) is 9.59 Å². The molecule has 0 spiro atoms. The predicted molar refractivity (Wildman–Crippen MR) is 109 cm³/mol. The van der Waals surface area contributed by atoms with Gasteiger partial charge in [-0.1, -0.05) is 42.5 Å². The smallest absolute Gasteiger partial charge is 0.275 e. The van der Waals surface area contributed by atoms with Crippen molar-refractivity contribution >= 4 is 16.7 Å². The number of rotatable bonds is 5. The molecule has 1 N–H and O–H groups in total. The zero-order chi connectivity index (χ0) is 19.5. The van der Waals surface area contributed by atoms with Crippen LogP contribution in [0.15, 0.2) is 59.5 Å². The molecule has 3 aromatic rings. The summed E-state index contributed by atoms with van der Waals surface area (Å²) < 4.78 is 1.22. The van der Waals surface area contributed by atoms with E-state index in [-0.39, 0.29) is 24.1 Å². The van der Waals surface area contributed by atoms with Gasteiger partial charge < -0.3 is 5.32 Å². The maximum Gasteiger partial charge on any atom is 0.275 e. The second-order valence-corrected chi connectivity index (χ2v) is 7.34. The number of carbonyl (C=O) groups excluding carboxylic acids is 1. The Morgan fingerprint density at radius 1 is 1.14 bits per heavy atom. The fourth-order valence-electron chi connectivity index (χ4n) is 3.72. The molecule has 0 radical (unpaired) electrons. The quantitative estimate of drug-likeness (QED) is 0.739. The molecule has 4 rings (SSSR count). The number of nitrogens with zero attached hydrogens (tertiary/aromatic N) is 3. The SMILES string of the molecule is CC(CNC(=O)Cn1ncc2ccccc2c1=O)N1CCc2ccccc2C1. The second kappa shape index (κ2) is 7.94. The molecule has 6 heteroatoms. The first-order chi connectivity index (χ1) is 13.6. The van der Waals surface area contributed by atoms with Crippen LogP contribution in [0.1, 0.15) is 18.1 Å². The van der Waals surface area contributed by atoms with Crippen LogP contribution < -0.4 is 10.9 Å². The van der Waals surface area contributed by atoms with E-state index in [1.807, 2.05) is 18.2 Å². The molecule has 28 heavy (non-hydrogen) atoms. The Morgan fingerprint density at radius 3 is 2.75 bits per heavy atom. The molecule has 1 aliphatic heterocycles. The highest BCUT2D eigenvalue weighted by molar-refractivity contribution is 5.81. The van der Waals surface area contributed by atoms with Crippen molar-refractivity contribution in [2.75, 3.05) is 13.1 Å². The number of nitrogens with one attached hydrogen (secondary N) is 1. The van der Waals surface area contributed by atoms with Crippen molar-refractivity contribution in [2.45, 2.75) is 32.5 Å². The van der Waals surface area contributed by atoms with E-state index in [1.54, 1.807) is 12.3 Å². The maximum absolute atomic E-state index is 12.5. The van der Waals surface area contributed by atoms with Gasteiger partial charge >= 0.3 is 0 Å². The van der Waals surface area contributed by atoms with Crippen LogP contribution in [0.2, 0.25) is 0 Å². The van der Waals surface area contributed by atoms with E-state index in [2.05, 4.69) is 46.5 Å². The van der Waals surface area contributed by atoms with Gasteiger partial charge in [-0.2, -0.15) is 5.10 Å². The highest BCUT2D eigenvalue weighted by atomic mass is 16.2. The molecule has 1 aliphatic rings. The Bertz CT molecular complexity index is 1060. The van der Waals surface area contributed by atoms with Crippen molar-refractivity contribution < 1.29 is 4.79 Å². The summed E-state index contributed by atoms with van der Waals surface area (Å²) in [4.78, 5) is 27.2. The summed E-state index contributed by atoms with van der Waals surface area (Å²) in [6.07, 6.45) is 2.66. The number of hydrogen-bond donors (Lipinski definition) is 1. The van der Waals surface area contributed by atoms with Crippen molar-refractivity contribution in [3.8, 4) is 0 Å². The highest BCUT2D eigenvalue weighted by Crippen LogP contribution is 2.19. The molecular weight excluding hydrogens is 352 g/mol. The lowest BCUT2D eigenvalue weighted by Gasteiger charge is -2.33. The number of benzene rings is 2. The molecule has 2 heterocycles. The monoisotopic (exact) mass is 376 g/mol. The minimum absolute atomic E-state index is 0.0702. The van der Waals surface area contributed by atoms with Crippen LogP contribution in [0.4, 0.5) is 0 Å². The summed E-state index contributed by atoms with van der Waals surface area (Å²) >= 11 is 0. The van der Waals surface area contributed by atoms with E-state index in [0.717, 1.165) is 24.9 Å². The zero-order valence-corrected chi connectivity index (χ0v) is 16.0. The maximum atomic E-state index is 12.5. The molecule has 1 atom stereocenters. The van der Waals surface area contributed by atoms with Crippen LogP contribution in [0.25, 0.3) is 10.8 Å². The number of hydrogen-bond acceptors (Lipinski definition) is 4. The molecule has 1 aromatic heterocycles. The van der Waals surface area contributed by atoms with E-state index in [1.165, 1.54) is 15.8 Å². The Labute approximate surface area is 163 Å². The third kappa shape index (κ3) is 3.82. The normalized spacial score (nSPS) is 15.2. The van der Waals surface area contributed by atoms with Crippen molar-refractivity contribution in [1.29, 1.82) is 0 Å². The molecule has 0 saturated heterocycles.